The van der Waals surface area contributed by atoms with Gasteiger partial charge in [0.25, 0.3) is 5.91 Å². The first-order chi connectivity index (χ1) is 35.5. The standard InChI is InChI=1S/C57H59N9O6S/c1-33-28-39(15-17-40(33)41-18-20-50(59-53(41)56(70)71)66-23-22-34-6-5-7-42(46(34)32-66)54(68)61-57-58-47-8-3-4-9-49(47)73-57)72-38-13-10-35(11-14-38)45-29-36(45)31-64-24-26-65(27-25-64)37-12-16-43-48(30-37)63(2)62-52(43)44-19-21-51(67)60-55(44)69/h3-9,12,15-18,20,28,30,35-36,38,44-45H,10-11,13-14,19,21-27,29,31-32H2,1-2H3,(H,70,71)(H,58,61,68)(H,60,67,69)/t35?,36-,38?,44?,45+/m0/s1. The average Bonchev–Trinajstić information content (AvgIpc) is 3.92. The Kier molecular flexibility index (Phi) is 12.4. The number of nitrogens with one attached hydrogen (secondary N) is 2. The number of ether oxygens (including phenoxy) is 1. The number of hydrogen-bond acceptors (Lipinski definition) is 12. The fraction of sp³-hybridized carbons (Fsp3) is 0.386. The lowest BCUT2D eigenvalue weighted by Gasteiger charge is -2.36. The van der Waals surface area contributed by atoms with Crippen molar-refractivity contribution in [3.8, 4) is 16.9 Å². The molecule has 0 spiro atoms. The van der Waals surface area contributed by atoms with Crippen molar-refractivity contribution in [2.45, 2.75) is 76.9 Å². The van der Waals surface area contributed by atoms with Crippen molar-refractivity contribution in [3.05, 3.63) is 125 Å². The number of carbonyl (C=O) groups is 4. The zero-order valence-corrected chi connectivity index (χ0v) is 42.0. The molecule has 3 N–H and O–H groups in total. The molecule has 3 aliphatic heterocycles. The van der Waals surface area contributed by atoms with Gasteiger partial charge in [0.1, 0.15) is 11.6 Å². The fourth-order valence-electron chi connectivity index (χ4n) is 12.2. The Bertz CT molecular complexity index is 3280. The number of aryl methyl sites for hydroxylation is 2. The van der Waals surface area contributed by atoms with Crippen LogP contribution >= 0.6 is 11.3 Å². The molecule has 4 fully saturated rings. The molecule has 4 aromatic carbocycles. The summed E-state index contributed by atoms with van der Waals surface area (Å²) in [5.41, 5.74) is 8.61. The Morgan fingerprint density at radius 1 is 0.849 bits per heavy atom. The maximum atomic E-state index is 13.6. The first kappa shape index (κ1) is 46.9. The molecule has 1 unspecified atom stereocenters. The minimum atomic E-state index is -1.09. The van der Waals surface area contributed by atoms with Crippen LogP contribution in [0.4, 0.5) is 16.6 Å². The molecule has 6 heterocycles. The quantitative estimate of drug-likeness (QED) is 0.0993. The Morgan fingerprint density at radius 3 is 2.47 bits per heavy atom. The molecule has 5 aliphatic rings. The van der Waals surface area contributed by atoms with Gasteiger partial charge in [0, 0.05) is 81.5 Å². The summed E-state index contributed by atoms with van der Waals surface area (Å²) in [4.78, 5) is 67.3. The maximum absolute atomic E-state index is 13.6. The van der Waals surface area contributed by atoms with Crippen molar-refractivity contribution in [2.24, 2.45) is 24.8 Å². The van der Waals surface area contributed by atoms with Crippen molar-refractivity contribution in [1.29, 1.82) is 0 Å². The number of aromatic nitrogens is 4. The SMILES string of the molecule is Cc1cc(OC2CCC([C@H]3C[C@H]3CN3CCN(c4ccc5c(C6CCC(=O)NC6=O)nn(C)c5c4)CC3)CC2)ccc1-c1ccc(N2CCc3cccc(C(=O)Nc4nc5ccccc5s4)c3C2)nc1C(=O)O. The molecule has 15 nitrogen and oxygen atoms in total. The van der Waals surface area contributed by atoms with E-state index in [-0.39, 0.29) is 29.5 Å². The van der Waals surface area contributed by atoms with E-state index in [0.29, 0.717) is 54.4 Å². The van der Waals surface area contributed by atoms with Gasteiger partial charge in [-0.15, -0.1) is 0 Å². The number of imide groups is 1. The number of para-hydroxylation sites is 1. The number of anilines is 3. The lowest BCUT2D eigenvalue weighted by atomic mass is 9.83. The zero-order valence-electron chi connectivity index (χ0n) is 41.2. The van der Waals surface area contributed by atoms with Gasteiger partial charge < -0.3 is 19.6 Å². The minimum absolute atomic E-state index is 0.00975. The summed E-state index contributed by atoms with van der Waals surface area (Å²) >= 11 is 1.44. The first-order valence-corrected chi connectivity index (χ1v) is 26.6. The van der Waals surface area contributed by atoms with Gasteiger partial charge in [0.2, 0.25) is 11.8 Å². The fourth-order valence-corrected chi connectivity index (χ4v) is 13.0. The van der Waals surface area contributed by atoms with Gasteiger partial charge in [-0.05, 0) is 153 Å². The number of aromatic carboxylic acids is 1. The highest BCUT2D eigenvalue weighted by Gasteiger charge is 2.45. The molecule has 2 aliphatic carbocycles. The predicted molar refractivity (Wildman–Crippen MR) is 283 cm³/mol. The Labute approximate surface area is 427 Å². The number of carboxylic acids is 1. The van der Waals surface area contributed by atoms with E-state index in [9.17, 15) is 24.3 Å². The smallest absolute Gasteiger partial charge is 0.355 e. The summed E-state index contributed by atoms with van der Waals surface area (Å²) in [5.74, 6) is 1.47. The van der Waals surface area contributed by atoms with Crippen molar-refractivity contribution in [2.75, 3.05) is 54.4 Å². The van der Waals surface area contributed by atoms with Crippen LogP contribution in [0.1, 0.15) is 94.1 Å². The van der Waals surface area contributed by atoms with Crippen LogP contribution in [0.5, 0.6) is 5.75 Å². The minimum Gasteiger partial charge on any atom is -0.490 e. The summed E-state index contributed by atoms with van der Waals surface area (Å²) in [7, 11) is 1.92. The van der Waals surface area contributed by atoms with E-state index in [0.717, 1.165) is 112 Å². The average molecular weight is 998 g/mol. The van der Waals surface area contributed by atoms with Gasteiger partial charge in [-0.25, -0.2) is 14.8 Å². The molecule has 16 heteroatoms. The number of nitrogens with zero attached hydrogens (tertiary/aromatic N) is 7. The number of carboxylic acid groups (broad SMARTS) is 1. The molecular weight excluding hydrogens is 939 g/mol. The number of thiazole rings is 1. The van der Waals surface area contributed by atoms with Crippen LogP contribution in [0.3, 0.4) is 0 Å². The van der Waals surface area contributed by atoms with E-state index in [2.05, 4.69) is 54.6 Å². The first-order valence-electron chi connectivity index (χ1n) is 25.8. The van der Waals surface area contributed by atoms with Crippen LogP contribution in [-0.2, 0) is 29.6 Å². The van der Waals surface area contributed by atoms with Gasteiger partial charge in [0.05, 0.1) is 33.4 Å². The highest BCUT2D eigenvalue weighted by atomic mass is 32.1. The molecule has 374 valence electrons. The highest BCUT2D eigenvalue weighted by molar-refractivity contribution is 7.22. The second-order valence-electron chi connectivity index (χ2n) is 20.7. The van der Waals surface area contributed by atoms with Crippen LogP contribution in [0.15, 0.2) is 91.0 Å². The molecule has 2 saturated carbocycles. The molecule has 2 saturated heterocycles. The number of amides is 3. The third-order valence-corrected chi connectivity index (χ3v) is 17.1. The van der Waals surface area contributed by atoms with Crippen LogP contribution in [-0.4, -0.2) is 98.8 Å². The summed E-state index contributed by atoms with van der Waals surface area (Å²) in [5, 5.41) is 22.2. The molecule has 7 aromatic rings. The summed E-state index contributed by atoms with van der Waals surface area (Å²) in [6.07, 6.45) is 7.43. The highest BCUT2D eigenvalue weighted by Crippen LogP contribution is 2.50. The lowest BCUT2D eigenvalue weighted by Crippen LogP contribution is -2.47. The number of benzene rings is 4. The van der Waals surface area contributed by atoms with Gasteiger partial charge >= 0.3 is 5.97 Å². The molecule has 3 atom stereocenters. The lowest BCUT2D eigenvalue weighted by molar-refractivity contribution is -0.134. The molecule has 73 heavy (non-hydrogen) atoms. The van der Waals surface area contributed by atoms with Crippen LogP contribution in [0, 0.1) is 24.7 Å². The number of piperazine rings is 1. The summed E-state index contributed by atoms with van der Waals surface area (Å²) in [6, 6.07) is 29.7. The Morgan fingerprint density at radius 2 is 1.67 bits per heavy atom. The van der Waals surface area contributed by atoms with Crippen molar-refractivity contribution >= 4 is 72.8 Å². The van der Waals surface area contributed by atoms with Crippen molar-refractivity contribution in [3.63, 3.8) is 0 Å². The third kappa shape index (κ3) is 9.42. The topological polar surface area (TPSA) is 175 Å². The van der Waals surface area contributed by atoms with Crippen molar-refractivity contribution in [1.82, 2.24) is 30.0 Å². The van der Waals surface area contributed by atoms with Crippen LogP contribution in [0.25, 0.3) is 32.2 Å². The monoisotopic (exact) mass is 997 g/mol. The van der Waals surface area contributed by atoms with Gasteiger partial charge in [-0.3, -0.25) is 34.6 Å². The number of fused-ring (bicyclic) bond motifs is 3. The molecule has 12 rings (SSSR count). The van der Waals surface area contributed by atoms with E-state index in [4.69, 9.17) is 14.8 Å². The number of pyridine rings is 1. The van der Waals surface area contributed by atoms with E-state index in [1.807, 2.05) is 85.4 Å². The molecular formula is C57H59N9O6S. The van der Waals surface area contributed by atoms with E-state index in [1.54, 1.807) is 0 Å². The zero-order chi connectivity index (χ0) is 49.9. The predicted octanol–water partition coefficient (Wildman–Crippen LogP) is 8.98. The largest absolute Gasteiger partial charge is 0.490 e. The van der Waals surface area contributed by atoms with Gasteiger partial charge in [-0.2, -0.15) is 5.10 Å². The summed E-state index contributed by atoms with van der Waals surface area (Å²) < 4.78 is 9.47. The number of carbonyl (C=O) groups excluding carboxylic acids is 3. The van der Waals surface area contributed by atoms with Crippen LogP contribution < -0.4 is 25.2 Å². The normalized spacial score (nSPS) is 22.3. The molecule has 0 bridgehead atoms. The van der Waals surface area contributed by atoms with Crippen molar-refractivity contribution < 1.29 is 29.0 Å². The number of piperidine rings is 1. The van der Waals surface area contributed by atoms with Crippen LogP contribution in [0.2, 0.25) is 0 Å². The molecule has 0 radical (unpaired) electrons. The number of hydrogen-bond donors (Lipinski definition) is 3. The van der Waals surface area contributed by atoms with E-state index < -0.39 is 11.9 Å². The number of rotatable bonds is 12. The molecule has 3 aromatic heterocycles. The second-order valence-corrected chi connectivity index (χ2v) is 21.7. The summed E-state index contributed by atoms with van der Waals surface area (Å²) in [6.45, 7) is 8.25. The van der Waals surface area contributed by atoms with Gasteiger partial charge in [0.15, 0.2) is 10.8 Å². The third-order valence-electron chi connectivity index (χ3n) is 16.2. The van der Waals surface area contributed by atoms with E-state index in [1.165, 1.54) is 42.8 Å². The molecule has 3 amide bonds. The van der Waals surface area contributed by atoms with E-state index >= 15 is 0 Å². The Hall–Kier alpha value is -7.17. The second kappa shape index (κ2) is 19.4. The maximum Gasteiger partial charge on any atom is 0.355 e. The van der Waals surface area contributed by atoms with Gasteiger partial charge in [-0.1, -0.05) is 41.7 Å². The Balaban J connectivity index is 0.623.